The standard InChI is InChI=1S/C22H21N5O2/c28-22(27-7-9-29-10-8-27)20-14-26(12-16-11-23-15-25-16)13-19(20)17-5-6-24-21-4-2-1-3-18(17)21/h1-6,11,13-15H,7-10,12H2,(H,23,25). The van der Waals surface area contributed by atoms with Crippen molar-refractivity contribution in [1.29, 1.82) is 0 Å². The maximum Gasteiger partial charge on any atom is 0.256 e. The summed E-state index contributed by atoms with van der Waals surface area (Å²) in [6, 6.07) is 9.99. The van der Waals surface area contributed by atoms with Crippen molar-refractivity contribution in [3.8, 4) is 11.1 Å². The molecule has 0 aliphatic carbocycles. The van der Waals surface area contributed by atoms with Crippen molar-refractivity contribution in [3.05, 3.63) is 72.7 Å². The highest BCUT2D eigenvalue weighted by atomic mass is 16.5. The molecule has 0 spiro atoms. The van der Waals surface area contributed by atoms with E-state index in [1.165, 1.54) is 0 Å². The molecule has 1 aliphatic rings. The van der Waals surface area contributed by atoms with Crippen molar-refractivity contribution in [2.45, 2.75) is 6.54 Å². The van der Waals surface area contributed by atoms with E-state index in [0.29, 0.717) is 38.4 Å². The van der Waals surface area contributed by atoms with Gasteiger partial charge in [0.2, 0.25) is 0 Å². The number of amides is 1. The lowest BCUT2D eigenvalue weighted by atomic mass is 10.00. The quantitative estimate of drug-likeness (QED) is 0.584. The minimum atomic E-state index is 0.0348. The predicted molar refractivity (Wildman–Crippen MR) is 110 cm³/mol. The van der Waals surface area contributed by atoms with Crippen LogP contribution in [-0.4, -0.2) is 56.6 Å². The molecule has 5 rings (SSSR count). The van der Waals surface area contributed by atoms with E-state index in [-0.39, 0.29) is 5.91 Å². The molecule has 0 radical (unpaired) electrons. The molecule has 146 valence electrons. The number of hydrogen-bond donors (Lipinski definition) is 1. The second kappa shape index (κ2) is 7.52. The molecule has 0 atom stereocenters. The SMILES string of the molecule is O=C(c1cn(Cc2cnc[nH]2)cc1-c1ccnc2ccccc12)N1CCOCC1. The second-order valence-corrected chi connectivity index (χ2v) is 7.11. The normalized spacial score (nSPS) is 14.4. The number of nitrogens with zero attached hydrogens (tertiary/aromatic N) is 4. The number of rotatable bonds is 4. The molecule has 1 amide bonds. The summed E-state index contributed by atoms with van der Waals surface area (Å²) in [7, 11) is 0. The Morgan fingerprint density at radius 1 is 1.10 bits per heavy atom. The molecule has 1 N–H and O–H groups in total. The number of para-hydroxylation sites is 1. The maximum absolute atomic E-state index is 13.4. The molecule has 7 nitrogen and oxygen atoms in total. The molecule has 0 saturated carbocycles. The Bertz CT molecular complexity index is 1140. The fourth-order valence-electron chi connectivity index (χ4n) is 3.82. The average Bonchev–Trinajstić information content (AvgIpc) is 3.44. The van der Waals surface area contributed by atoms with Crippen molar-refractivity contribution in [1.82, 2.24) is 24.4 Å². The Balaban J connectivity index is 1.62. The van der Waals surface area contributed by atoms with Gasteiger partial charge in [-0.3, -0.25) is 9.78 Å². The maximum atomic E-state index is 13.4. The third-order valence-corrected chi connectivity index (χ3v) is 5.26. The minimum Gasteiger partial charge on any atom is -0.378 e. The summed E-state index contributed by atoms with van der Waals surface area (Å²) in [6.45, 7) is 3.00. The number of hydrogen-bond acceptors (Lipinski definition) is 4. The van der Waals surface area contributed by atoms with Crippen molar-refractivity contribution >= 4 is 16.8 Å². The molecular formula is C22H21N5O2. The van der Waals surface area contributed by atoms with Crippen molar-refractivity contribution < 1.29 is 9.53 Å². The van der Waals surface area contributed by atoms with Crippen molar-refractivity contribution in [3.63, 3.8) is 0 Å². The topological polar surface area (TPSA) is 76.0 Å². The average molecular weight is 387 g/mol. The van der Waals surface area contributed by atoms with Gasteiger partial charge in [-0.25, -0.2) is 4.98 Å². The van der Waals surface area contributed by atoms with E-state index in [0.717, 1.165) is 27.7 Å². The summed E-state index contributed by atoms with van der Waals surface area (Å²) in [6.07, 6.45) is 9.23. The number of ether oxygens (including phenoxy) is 1. The number of pyridine rings is 1. The molecule has 1 fully saturated rings. The smallest absolute Gasteiger partial charge is 0.256 e. The predicted octanol–water partition coefficient (Wildman–Crippen LogP) is 2.95. The van der Waals surface area contributed by atoms with Gasteiger partial charge in [-0.05, 0) is 17.7 Å². The zero-order chi connectivity index (χ0) is 19.6. The molecule has 1 saturated heterocycles. The first-order chi connectivity index (χ1) is 14.3. The fourth-order valence-corrected chi connectivity index (χ4v) is 3.82. The lowest BCUT2D eigenvalue weighted by molar-refractivity contribution is 0.0303. The number of imidazole rings is 1. The summed E-state index contributed by atoms with van der Waals surface area (Å²) in [5.74, 6) is 0.0348. The zero-order valence-corrected chi connectivity index (χ0v) is 15.9. The Labute approximate surface area is 168 Å². The highest BCUT2D eigenvalue weighted by Crippen LogP contribution is 2.32. The molecule has 7 heteroatoms. The number of benzene rings is 1. The van der Waals surface area contributed by atoms with Crippen LogP contribution in [0.3, 0.4) is 0 Å². The number of morpholine rings is 1. The molecule has 4 heterocycles. The van der Waals surface area contributed by atoms with Crippen LogP contribution in [0.1, 0.15) is 16.1 Å². The first-order valence-corrected chi connectivity index (χ1v) is 9.68. The Morgan fingerprint density at radius 3 is 2.79 bits per heavy atom. The van der Waals surface area contributed by atoms with Gasteiger partial charge in [-0.15, -0.1) is 0 Å². The third kappa shape index (κ3) is 3.40. The van der Waals surface area contributed by atoms with Crippen LogP contribution in [-0.2, 0) is 11.3 Å². The Morgan fingerprint density at radius 2 is 1.97 bits per heavy atom. The molecule has 1 aromatic carbocycles. The molecule has 0 bridgehead atoms. The fraction of sp³-hybridized carbons (Fsp3) is 0.227. The minimum absolute atomic E-state index is 0.0348. The van der Waals surface area contributed by atoms with Gasteiger partial charge in [0.25, 0.3) is 5.91 Å². The number of nitrogens with one attached hydrogen (secondary N) is 1. The summed E-state index contributed by atoms with van der Waals surface area (Å²) >= 11 is 0. The van der Waals surface area contributed by atoms with Crippen LogP contribution in [0.25, 0.3) is 22.0 Å². The molecule has 1 aliphatic heterocycles. The summed E-state index contributed by atoms with van der Waals surface area (Å²) in [5, 5.41) is 1.03. The number of carbonyl (C=O) groups is 1. The van der Waals surface area contributed by atoms with E-state index in [1.54, 1.807) is 18.7 Å². The van der Waals surface area contributed by atoms with Crippen molar-refractivity contribution in [2.24, 2.45) is 0 Å². The monoisotopic (exact) mass is 387 g/mol. The van der Waals surface area contributed by atoms with Gasteiger partial charge < -0.3 is 19.2 Å². The summed E-state index contributed by atoms with van der Waals surface area (Å²) in [5.41, 5.74) is 4.52. The van der Waals surface area contributed by atoms with Gasteiger partial charge >= 0.3 is 0 Å². The van der Waals surface area contributed by atoms with Gasteiger partial charge in [0.05, 0.1) is 42.9 Å². The van der Waals surface area contributed by atoms with Gasteiger partial charge in [0.1, 0.15) is 0 Å². The second-order valence-electron chi connectivity index (χ2n) is 7.11. The largest absolute Gasteiger partial charge is 0.378 e. The molecule has 29 heavy (non-hydrogen) atoms. The first kappa shape index (κ1) is 17.6. The molecular weight excluding hydrogens is 366 g/mol. The van der Waals surface area contributed by atoms with E-state index in [9.17, 15) is 4.79 Å². The van der Waals surface area contributed by atoms with Crippen LogP contribution in [0.4, 0.5) is 0 Å². The first-order valence-electron chi connectivity index (χ1n) is 9.68. The van der Waals surface area contributed by atoms with E-state index in [2.05, 4.69) is 15.0 Å². The van der Waals surface area contributed by atoms with Crippen LogP contribution in [0.15, 0.2) is 61.4 Å². The zero-order valence-electron chi connectivity index (χ0n) is 15.9. The number of carbonyl (C=O) groups excluding carboxylic acids is 1. The van der Waals surface area contributed by atoms with Gasteiger partial charge in [-0.1, -0.05) is 18.2 Å². The summed E-state index contributed by atoms with van der Waals surface area (Å²) in [4.78, 5) is 26.9. The van der Waals surface area contributed by atoms with Gasteiger partial charge in [0, 0.05) is 48.8 Å². The van der Waals surface area contributed by atoms with Crippen LogP contribution >= 0.6 is 0 Å². The van der Waals surface area contributed by atoms with E-state index in [4.69, 9.17) is 4.74 Å². The lowest BCUT2D eigenvalue weighted by Crippen LogP contribution is -2.40. The van der Waals surface area contributed by atoms with Crippen LogP contribution in [0.2, 0.25) is 0 Å². The molecule has 0 unspecified atom stereocenters. The highest BCUT2D eigenvalue weighted by molar-refractivity contribution is 6.05. The van der Waals surface area contributed by atoms with E-state index >= 15 is 0 Å². The third-order valence-electron chi connectivity index (χ3n) is 5.26. The van der Waals surface area contributed by atoms with Gasteiger partial charge in [-0.2, -0.15) is 0 Å². The van der Waals surface area contributed by atoms with Crippen LogP contribution in [0, 0.1) is 0 Å². The lowest BCUT2D eigenvalue weighted by Gasteiger charge is -2.27. The Kier molecular flexibility index (Phi) is 4.57. The molecule has 4 aromatic rings. The number of fused-ring (bicyclic) bond motifs is 1. The van der Waals surface area contributed by atoms with E-state index < -0.39 is 0 Å². The number of aromatic nitrogens is 4. The van der Waals surface area contributed by atoms with Crippen LogP contribution in [0.5, 0.6) is 0 Å². The number of H-pyrrole nitrogens is 1. The van der Waals surface area contributed by atoms with Gasteiger partial charge in [0.15, 0.2) is 0 Å². The Hall–Kier alpha value is -3.45. The number of aromatic amines is 1. The van der Waals surface area contributed by atoms with Crippen LogP contribution < -0.4 is 0 Å². The summed E-state index contributed by atoms with van der Waals surface area (Å²) < 4.78 is 7.45. The van der Waals surface area contributed by atoms with Crippen molar-refractivity contribution in [2.75, 3.05) is 26.3 Å². The van der Waals surface area contributed by atoms with E-state index in [1.807, 2.05) is 52.2 Å². The highest BCUT2D eigenvalue weighted by Gasteiger charge is 2.24. The molecule has 3 aromatic heterocycles.